The molecular formula is C73H136O6. The Kier molecular flexibility index (Phi) is 66.1. The largest absolute Gasteiger partial charge is 0.462 e. The first-order chi connectivity index (χ1) is 39.0. The summed E-state index contributed by atoms with van der Waals surface area (Å²) in [5.74, 6) is -0.849. The van der Waals surface area contributed by atoms with E-state index in [1.165, 1.54) is 289 Å². The lowest BCUT2D eigenvalue weighted by Crippen LogP contribution is -2.30. The minimum absolute atomic E-state index is 0.0704. The van der Waals surface area contributed by atoms with Crippen molar-refractivity contribution in [2.75, 3.05) is 13.2 Å². The summed E-state index contributed by atoms with van der Waals surface area (Å²) >= 11 is 0. The second-order valence-electron chi connectivity index (χ2n) is 24.1. The minimum Gasteiger partial charge on any atom is -0.462 e. The predicted octanol–water partition coefficient (Wildman–Crippen LogP) is 24.3. The van der Waals surface area contributed by atoms with Crippen LogP contribution in [0.25, 0.3) is 0 Å². The molecule has 6 heteroatoms. The van der Waals surface area contributed by atoms with Gasteiger partial charge in [0.05, 0.1) is 0 Å². The van der Waals surface area contributed by atoms with Crippen LogP contribution in [0.3, 0.4) is 0 Å². The molecule has 1 atom stereocenters. The Hall–Kier alpha value is -2.37. The number of unbranched alkanes of at least 4 members (excludes halogenated alkanes) is 49. The summed E-state index contributed by atoms with van der Waals surface area (Å²) in [6.07, 6.45) is 84.5. The van der Waals surface area contributed by atoms with Gasteiger partial charge in [0.25, 0.3) is 0 Å². The second kappa shape index (κ2) is 68.1. The number of rotatable bonds is 66. The smallest absolute Gasteiger partial charge is 0.306 e. The van der Waals surface area contributed by atoms with Gasteiger partial charge in [0.15, 0.2) is 6.10 Å². The molecule has 1 unspecified atom stereocenters. The van der Waals surface area contributed by atoms with Gasteiger partial charge in [-0.15, -0.1) is 0 Å². The Balaban J connectivity index is 4.32. The fourth-order valence-electron chi connectivity index (χ4n) is 10.8. The zero-order valence-electron chi connectivity index (χ0n) is 53.4. The molecule has 0 aliphatic rings. The van der Waals surface area contributed by atoms with Crippen LogP contribution in [0.15, 0.2) is 36.5 Å². The van der Waals surface area contributed by atoms with E-state index in [4.69, 9.17) is 14.2 Å². The average molecular weight is 1110 g/mol. The third kappa shape index (κ3) is 66.3. The number of carbonyl (C=O) groups is 3. The van der Waals surface area contributed by atoms with E-state index in [2.05, 4.69) is 57.2 Å². The van der Waals surface area contributed by atoms with Crippen molar-refractivity contribution in [3.63, 3.8) is 0 Å². The molecule has 464 valence electrons. The fraction of sp³-hybridized carbons (Fsp3) is 0.877. The SMILES string of the molecule is CCCCCCC/C=C\C/C=C\CCCCCCCCCCCC(=O)OC(COC(=O)CCCCCCCCC/C=C\CCCCCCCCC)COC(=O)CCCCCCCCCCCCCCCCCCCCCCCC. The highest BCUT2D eigenvalue weighted by Crippen LogP contribution is 2.18. The second-order valence-corrected chi connectivity index (χ2v) is 24.1. The molecule has 0 bridgehead atoms. The van der Waals surface area contributed by atoms with E-state index in [0.717, 1.165) is 64.2 Å². The Morgan fingerprint density at radius 1 is 0.253 bits per heavy atom. The molecule has 79 heavy (non-hydrogen) atoms. The first-order valence-corrected chi connectivity index (χ1v) is 35.5. The molecular weight excluding hydrogens is 973 g/mol. The van der Waals surface area contributed by atoms with Crippen LogP contribution in [0.5, 0.6) is 0 Å². The Labute approximate surface area is 493 Å². The molecule has 6 nitrogen and oxygen atoms in total. The van der Waals surface area contributed by atoms with Gasteiger partial charge in [0.2, 0.25) is 0 Å². The maximum atomic E-state index is 13.0. The van der Waals surface area contributed by atoms with Crippen LogP contribution in [-0.4, -0.2) is 37.2 Å². The third-order valence-electron chi connectivity index (χ3n) is 16.1. The average Bonchev–Trinajstić information content (AvgIpc) is 3.45. The Morgan fingerprint density at radius 2 is 0.456 bits per heavy atom. The first kappa shape index (κ1) is 76.6. The van der Waals surface area contributed by atoms with Crippen LogP contribution in [0, 0.1) is 0 Å². The van der Waals surface area contributed by atoms with Gasteiger partial charge >= 0.3 is 17.9 Å². The van der Waals surface area contributed by atoms with Crippen LogP contribution >= 0.6 is 0 Å². The summed E-state index contributed by atoms with van der Waals surface area (Å²) in [4.78, 5) is 38.5. The van der Waals surface area contributed by atoms with E-state index >= 15 is 0 Å². The Bertz CT molecular complexity index is 1320. The number of ether oxygens (including phenoxy) is 3. The zero-order valence-corrected chi connectivity index (χ0v) is 53.4. The number of carbonyl (C=O) groups excluding carboxylic acids is 3. The van der Waals surface area contributed by atoms with Crippen LogP contribution in [-0.2, 0) is 28.6 Å². The van der Waals surface area contributed by atoms with Gasteiger partial charge in [-0.05, 0) is 77.0 Å². The minimum atomic E-state index is -0.776. The molecule has 0 fully saturated rings. The summed E-state index contributed by atoms with van der Waals surface area (Å²) in [5.41, 5.74) is 0. The molecule has 0 heterocycles. The first-order valence-electron chi connectivity index (χ1n) is 35.5. The van der Waals surface area contributed by atoms with Gasteiger partial charge < -0.3 is 14.2 Å². The lowest BCUT2D eigenvalue weighted by molar-refractivity contribution is -0.167. The lowest BCUT2D eigenvalue weighted by Gasteiger charge is -2.18. The van der Waals surface area contributed by atoms with E-state index in [1.807, 2.05) is 0 Å². The normalized spacial score (nSPS) is 12.2. The van der Waals surface area contributed by atoms with E-state index in [1.54, 1.807) is 0 Å². The fourth-order valence-corrected chi connectivity index (χ4v) is 10.8. The van der Waals surface area contributed by atoms with E-state index < -0.39 is 6.10 Å². The molecule has 0 amide bonds. The highest BCUT2D eigenvalue weighted by atomic mass is 16.6. The summed E-state index contributed by atoms with van der Waals surface area (Å²) < 4.78 is 17.0. The van der Waals surface area contributed by atoms with Crippen LogP contribution < -0.4 is 0 Å². The molecule has 0 rings (SSSR count). The monoisotopic (exact) mass is 1110 g/mol. The van der Waals surface area contributed by atoms with Crippen molar-refractivity contribution in [2.45, 2.75) is 399 Å². The number of allylic oxidation sites excluding steroid dienone is 6. The quantitative estimate of drug-likeness (QED) is 0.0261. The van der Waals surface area contributed by atoms with Gasteiger partial charge in [-0.3, -0.25) is 14.4 Å². The lowest BCUT2D eigenvalue weighted by atomic mass is 10.0. The van der Waals surface area contributed by atoms with Crippen molar-refractivity contribution in [3.05, 3.63) is 36.5 Å². The third-order valence-corrected chi connectivity index (χ3v) is 16.1. The van der Waals surface area contributed by atoms with Gasteiger partial charge in [-0.1, -0.05) is 333 Å². The van der Waals surface area contributed by atoms with Crippen LogP contribution in [0.1, 0.15) is 393 Å². The highest BCUT2D eigenvalue weighted by Gasteiger charge is 2.19. The van der Waals surface area contributed by atoms with Crippen molar-refractivity contribution in [3.8, 4) is 0 Å². The molecule has 0 radical (unpaired) electrons. The van der Waals surface area contributed by atoms with Crippen molar-refractivity contribution in [1.29, 1.82) is 0 Å². The maximum Gasteiger partial charge on any atom is 0.306 e. The molecule has 0 aromatic heterocycles. The molecule has 0 saturated heterocycles. The Morgan fingerprint density at radius 3 is 0.709 bits per heavy atom. The molecule has 0 aliphatic carbocycles. The maximum absolute atomic E-state index is 13.0. The molecule has 0 aromatic carbocycles. The van der Waals surface area contributed by atoms with E-state index in [-0.39, 0.29) is 31.1 Å². The van der Waals surface area contributed by atoms with Crippen molar-refractivity contribution >= 4 is 17.9 Å². The number of hydrogen-bond donors (Lipinski definition) is 0. The number of esters is 3. The highest BCUT2D eigenvalue weighted by molar-refractivity contribution is 5.71. The molecule has 0 spiro atoms. The van der Waals surface area contributed by atoms with Gasteiger partial charge in [-0.2, -0.15) is 0 Å². The summed E-state index contributed by atoms with van der Waals surface area (Å²) in [5, 5.41) is 0. The molecule has 0 aliphatic heterocycles. The van der Waals surface area contributed by atoms with E-state index in [9.17, 15) is 14.4 Å². The summed E-state index contributed by atoms with van der Waals surface area (Å²) in [6.45, 7) is 6.70. The zero-order chi connectivity index (χ0) is 57.1. The summed E-state index contributed by atoms with van der Waals surface area (Å²) in [7, 11) is 0. The summed E-state index contributed by atoms with van der Waals surface area (Å²) in [6, 6.07) is 0. The van der Waals surface area contributed by atoms with Gasteiger partial charge in [0.1, 0.15) is 13.2 Å². The van der Waals surface area contributed by atoms with Crippen LogP contribution in [0.2, 0.25) is 0 Å². The topological polar surface area (TPSA) is 78.9 Å². The predicted molar refractivity (Wildman–Crippen MR) is 344 cm³/mol. The van der Waals surface area contributed by atoms with Crippen LogP contribution in [0.4, 0.5) is 0 Å². The standard InChI is InChI=1S/C73H136O6/c1-4-7-10-13-16-19-22-25-28-31-34-36-38-39-42-45-48-51-54-57-60-63-66-72(75)78-69-70(68-77-71(74)65-62-59-56-53-50-47-44-41-33-30-27-24-21-18-15-12-9-6-3)79-73(76)67-64-61-58-55-52-49-46-43-40-37-35-32-29-26-23-20-17-14-11-8-5-2/h23,26,30,32-33,35,70H,4-22,24-25,27-29,31,34,36-69H2,1-3H3/b26-23-,33-30-,35-32-. The van der Waals surface area contributed by atoms with E-state index in [0.29, 0.717) is 19.3 Å². The molecule has 0 saturated carbocycles. The van der Waals surface area contributed by atoms with Gasteiger partial charge in [0, 0.05) is 19.3 Å². The van der Waals surface area contributed by atoms with Crippen molar-refractivity contribution in [1.82, 2.24) is 0 Å². The molecule has 0 aromatic rings. The number of hydrogen-bond acceptors (Lipinski definition) is 6. The van der Waals surface area contributed by atoms with Gasteiger partial charge in [-0.25, -0.2) is 0 Å². The molecule has 0 N–H and O–H groups in total. The van der Waals surface area contributed by atoms with Crippen molar-refractivity contribution in [2.24, 2.45) is 0 Å². The van der Waals surface area contributed by atoms with Crippen molar-refractivity contribution < 1.29 is 28.6 Å².